The first-order chi connectivity index (χ1) is 16.3. The van der Waals surface area contributed by atoms with Crippen LogP contribution in [0, 0.1) is 29.6 Å². The molecule has 0 aromatic carbocycles. The summed E-state index contributed by atoms with van der Waals surface area (Å²) in [5.41, 5.74) is 4.97. The van der Waals surface area contributed by atoms with Crippen LogP contribution in [0.5, 0.6) is 0 Å². The van der Waals surface area contributed by atoms with Crippen LogP contribution in [0.4, 0.5) is 0 Å². The topological polar surface area (TPSA) is 41.6 Å². The monoisotopic (exact) mass is 468 g/mol. The first-order valence-electron chi connectivity index (χ1n) is 14.4. The number of piperidine rings is 1. The summed E-state index contributed by atoms with van der Waals surface area (Å²) in [4.78, 5) is 13.9. The lowest BCUT2D eigenvalue weighted by Crippen LogP contribution is -2.48. The van der Waals surface area contributed by atoms with E-state index in [1.807, 2.05) is 11.9 Å². The van der Waals surface area contributed by atoms with Gasteiger partial charge in [0.2, 0.25) is 5.91 Å². The fourth-order valence-corrected chi connectivity index (χ4v) is 8.52. The second-order valence-corrected chi connectivity index (χ2v) is 12.6. The second kappa shape index (κ2) is 9.73. The molecule has 0 radical (unpaired) electrons. The Labute approximate surface area is 207 Å². The van der Waals surface area contributed by atoms with E-state index in [1.54, 1.807) is 11.1 Å². The van der Waals surface area contributed by atoms with Crippen LogP contribution >= 0.6 is 0 Å². The molecule has 5 aliphatic rings. The maximum Gasteiger partial charge on any atom is 0.226 e. The van der Waals surface area contributed by atoms with E-state index >= 15 is 0 Å². The van der Waals surface area contributed by atoms with Crippen molar-refractivity contribution in [1.82, 2.24) is 10.2 Å². The van der Waals surface area contributed by atoms with Gasteiger partial charge < -0.3 is 15.0 Å². The van der Waals surface area contributed by atoms with Gasteiger partial charge in [-0.1, -0.05) is 43.9 Å². The summed E-state index contributed by atoms with van der Waals surface area (Å²) in [7, 11) is 1.93. The quantitative estimate of drug-likeness (QED) is 0.498. The number of ether oxygens (including phenoxy) is 1. The maximum atomic E-state index is 12.1. The zero-order valence-electron chi connectivity index (χ0n) is 22.4. The molecule has 34 heavy (non-hydrogen) atoms. The molecule has 1 N–H and O–H groups in total. The number of carbonyl (C=O) groups excluding carboxylic acids is 1. The molecule has 0 aromatic heterocycles. The number of nitrogens with one attached hydrogen (secondary N) is 1. The number of amides is 1. The molecule has 3 heterocycles. The van der Waals surface area contributed by atoms with Crippen LogP contribution in [0.25, 0.3) is 0 Å². The largest absolute Gasteiger partial charge is 0.369 e. The zero-order valence-corrected chi connectivity index (χ0v) is 22.4. The van der Waals surface area contributed by atoms with Crippen molar-refractivity contribution in [1.29, 1.82) is 0 Å². The van der Waals surface area contributed by atoms with Crippen LogP contribution < -0.4 is 5.32 Å². The smallest absolute Gasteiger partial charge is 0.226 e. The molecule has 8 atom stereocenters. The van der Waals surface area contributed by atoms with Gasteiger partial charge in [-0.25, -0.2) is 0 Å². The summed E-state index contributed by atoms with van der Waals surface area (Å²) in [6.07, 6.45) is 15.3. The normalized spacial score (nSPS) is 43.0. The summed E-state index contributed by atoms with van der Waals surface area (Å²) in [5.74, 6) is 3.92. The SMILES string of the molecule is CC[C@H]1CC2=C(C)C[C@]3(CC[C@H]2[C@@H]1CCC1=CN(C)C(=O)CCC1)O[C@@H]1C[C@H](C)CN[C@H]1[C@H]3C. The van der Waals surface area contributed by atoms with Gasteiger partial charge in [0.15, 0.2) is 0 Å². The third kappa shape index (κ3) is 4.43. The van der Waals surface area contributed by atoms with Crippen molar-refractivity contribution in [3.8, 4) is 0 Å². The van der Waals surface area contributed by atoms with E-state index < -0.39 is 0 Å². The van der Waals surface area contributed by atoms with E-state index in [0.29, 0.717) is 24.5 Å². The van der Waals surface area contributed by atoms with Gasteiger partial charge in [0.05, 0.1) is 11.7 Å². The lowest BCUT2D eigenvalue weighted by molar-refractivity contribution is -0.127. The van der Waals surface area contributed by atoms with Crippen LogP contribution in [0.3, 0.4) is 0 Å². The third-order valence-electron chi connectivity index (χ3n) is 10.5. The fourth-order valence-electron chi connectivity index (χ4n) is 8.52. The maximum absolute atomic E-state index is 12.1. The number of allylic oxidation sites excluding steroid dienone is 2. The van der Waals surface area contributed by atoms with Gasteiger partial charge in [-0.05, 0) is 94.9 Å². The number of hydrogen-bond donors (Lipinski definition) is 1. The Hall–Kier alpha value is -1.13. The van der Waals surface area contributed by atoms with Crippen molar-refractivity contribution in [2.24, 2.45) is 29.6 Å². The molecule has 3 aliphatic heterocycles. The highest BCUT2D eigenvalue weighted by molar-refractivity contribution is 5.77. The average Bonchev–Trinajstić information content (AvgIpc) is 3.17. The molecule has 4 heteroatoms. The third-order valence-corrected chi connectivity index (χ3v) is 10.5. The van der Waals surface area contributed by atoms with E-state index in [1.165, 1.54) is 44.1 Å². The molecular formula is C30H48N2O2. The van der Waals surface area contributed by atoms with Gasteiger partial charge in [0, 0.05) is 31.6 Å². The highest BCUT2D eigenvalue weighted by atomic mass is 16.5. The van der Waals surface area contributed by atoms with E-state index in [9.17, 15) is 4.79 Å². The summed E-state index contributed by atoms with van der Waals surface area (Å²) >= 11 is 0. The Morgan fingerprint density at radius 3 is 2.88 bits per heavy atom. The minimum absolute atomic E-state index is 0.0347. The first-order valence-corrected chi connectivity index (χ1v) is 14.4. The number of carbonyl (C=O) groups is 1. The summed E-state index contributed by atoms with van der Waals surface area (Å²) in [6.45, 7) is 10.8. The molecule has 4 nitrogen and oxygen atoms in total. The Morgan fingerprint density at radius 2 is 2.09 bits per heavy atom. The molecule has 190 valence electrons. The van der Waals surface area contributed by atoms with Crippen LogP contribution in [0.2, 0.25) is 0 Å². The van der Waals surface area contributed by atoms with E-state index in [2.05, 4.69) is 39.2 Å². The highest BCUT2D eigenvalue weighted by Crippen LogP contribution is 2.56. The van der Waals surface area contributed by atoms with Crippen LogP contribution in [0.15, 0.2) is 22.9 Å². The van der Waals surface area contributed by atoms with Crippen molar-refractivity contribution in [3.63, 3.8) is 0 Å². The summed E-state index contributed by atoms with van der Waals surface area (Å²) in [5, 5.41) is 3.86. The lowest BCUT2D eigenvalue weighted by atomic mass is 9.75. The molecule has 0 aromatic rings. The first kappa shape index (κ1) is 24.6. The van der Waals surface area contributed by atoms with E-state index in [0.717, 1.165) is 55.9 Å². The molecule has 0 bridgehead atoms. The average molecular weight is 469 g/mol. The van der Waals surface area contributed by atoms with Crippen molar-refractivity contribution < 1.29 is 9.53 Å². The van der Waals surface area contributed by atoms with Gasteiger partial charge >= 0.3 is 0 Å². The Kier molecular flexibility index (Phi) is 7.03. The minimum atomic E-state index is 0.0347. The molecule has 2 aliphatic carbocycles. The molecule has 5 rings (SSSR count). The lowest BCUT2D eigenvalue weighted by Gasteiger charge is -2.34. The highest BCUT2D eigenvalue weighted by Gasteiger charge is 2.55. The molecule has 2 saturated heterocycles. The Morgan fingerprint density at radius 1 is 1.26 bits per heavy atom. The summed E-state index contributed by atoms with van der Waals surface area (Å²) in [6, 6.07) is 0.535. The van der Waals surface area contributed by atoms with Gasteiger partial charge in [-0.2, -0.15) is 0 Å². The van der Waals surface area contributed by atoms with Crippen molar-refractivity contribution in [3.05, 3.63) is 22.9 Å². The minimum Gasteiger partial charge on any atom is -0.369 e. The zero-order chi connectivity index (χ0) is 24.0. The predicted molar refractivity (Wildman–Crippen MR) is 138 cm³/mol. The second-order valence-electron chi connectivity index (χ2n) is 12.6. The Bertz CT molecular complexity index is 847. The number of nitrogens with zero attached hydrogens (tertiary/aromatic N) is 1. The molecular weight excluding hydrogens is 420 g/mol. The molecule has 1 saturated carbocycles. The van der Waals surface area contributed by atoms with Gasteiger partial charge in [-0.15, -0.1) is 0 Å². The van der Waals surface area contributed by atoms with Gasteiger partial charge in [0.1, 0.15) is 0 Å². The van der Waals surface area contributed by atoms with Crippen LogP contribution in [0.1, 0.15) is 98.3 Å². The van der Waals surface area contributed by atoms with E-state index in [-0.39, 0.29) is 11.5 Å². The molecule has 0 unspecified atom stereocenters. The van der Waals surface area contributed by atoms with Gasteiger partial charge in [-0.3, -0.25) is 4.79 Å². The number of rotatable bonds is 4. The predicted octanol–water partition coefficient (Wildman–Crippen LogP) is 6.23. The van der Waals surface area contributed by atoms with Gasteiger partial charge in [0.25, 0.3) is 0 Å². The van der Waals surface area contributed by atoms with E-state index in [4.69, 9.17) is 4.74 Å². The number of fused-ring (bicyclic) bond motifs is 2. The van der Waals surface area contributed by atoms with Crippen molar-refractivity contribution in [2.45, 2.75) is 116 Å². The number of hydrogen-bond acceptors (Lipinski definition) is 3. The molecule has 1 spiro atoms. The van der Waals surface area contributed by atoms with Crippen molar-refractivity contribution >= 4 is 5.91 Å². The molecule has 3 fully saturated rings. The Balaban J connectivity index is 1.32. The fraction of sp³-hybridized carbons (Fsp3) is 0.833. The summed E-state index contributed by atoms with van der Waals surface area (Å²) < 4.78 is 7.03. The molecule has 1 amide bonds. The van der Waals surface area contributed by atoms with Crippen LogP contribution in [-0.2, 0) is 9.53 Å². The van der Waals surface area contributed by atoms with Crippen molar-refractivity contribution in [2.75, 3.05) is 13.6 Å². The van der Waals surface area contributed by atoms with Crippen LogP contribution in [-0.4, -0.2) is 42.1 Å². The standard InChI is InChI=1S/C30H48N2O2/c1-6-23-15-26-20(3)16-30(21(4)29-27(34-30)14-19(2)17-31-29)13-12-25(26)24(23)11-10-22-8-7-9-28(33)32(5)18-22/h18-19,21,23-25,27,29,31H,6-17H2,1-5H3/t19-,21+,23-,24+,25-,27+,29-,30-/m0/s1.